The van der Waals surface area contributed by atoms with Crippen molar-refractivity contribution in [1.82, 2.24) is 9.78 Å². The maximum Gasteiger partial charge on any atom is 0.157 e. The van der Waals surface area contributed by atoms with Crippen molar-refractivity contribution in [3.8, 4) is 0 Å². The Labute approximate surface area is 76.4 Å². The van der Waals surface area contributed by atoms with E-state index in [-0.39, 0.29) is 6.61 Å². The van der Waals surface area contributed by atoms with Crippen molar-refractivity contribution < 1.29 is 5.11 Å². The van der Waals surface area contributed by atoms with Gasteiger partial charge in [-0.3, -0.25) is 4.68 Å². The Morgan fingerprint density at radius 3 is 3.00 bits per heavy atom. The van der Waals surface area contributed by atoms with E-state index in [0.717, 1.165) is 0 Å². The third kappa shape index (κ3) is 2.00. The van der Waals surface area contributed by atoms with E-state index in [1.807, 2.05) is 0 Å². The molecule has 0 saturated carbocycles. The van der Waals surface area contributed by atoms with Gasteiger partial charge in [-0.1, -0.05) is 0 Å². The fourth-order valence-corrected chi connectivity index (χ4v) is 0.921. The van der Waals surface area contributed by atoms with Crippen LogP contribution in [-0.2, 0) is 13.7 Å². The molecule has 13 heavy (non-hydrogen) atoms. The zero-order valence-electron chi connectivity index (χ0n) is 7.73. The summed E-state index contributed by atoms with van der Waals surface area (Å²) in [4.78, 5) is 7.79. The average molecular weight is 180 g/mol. The van der Waals surface area contributed by atoms with Gasteiger partial charge in [0.2, 0.25) is 0 Å². The molecule has 70 valence electrons. The number of nitrogens with zero attached hydrogens (tertiary/aromatic N) is 4. The van der Waals surface area contributed by atoms with Crippen LogP contribution in [-0.4, -0.2) is 27.4 Å². The lowest BCUT2D eigenvalue weighted by molar-refractivity contribution is 0.282. The number of aryl methyl sites for hydroxylation is 1. The number of amidine groups is 1. The second-order valence-electron chi connectivity index (χ2n) is 2.59. The Hall–Kier alpha value is -1.49. The number of hydrogen-bond acceptors (Lipinski definition) is 3. The monoisotopic (exact) mass is 180 g/mol. The minimum absolute atomic E-state index is 0.0723. The molecule has 0 fully saturated rings. The van der Waals surface area contributed by atoms with Gasteiger partial charge in [0.05, 0.1) is 12.8 Å². The highest BCUT2D eigenvalue weighted by atomic mass is 16.3. The van der Waals surface area contributed by atoms with Gasteiger partial charge in [-0.05, 0) is 13.6 Å². The fourth-order valence-electron chi connectivity index (χ4n) is 0.921. The van der Waals surface area contributed by atoms with Gasteiger partial charge in [-0.15, -0.1) is 0 Å². The minimum atomic E-state index is -0.0723. The average Bonchev–Trinajstić information content (AvgIpc) is 2.48. The predicted octanol–water partition coefficient (Wildman–Crippen LogP) is 0.663. The van der Waals surface area contributed by atoms with Crippen LogP contribution < -0.4 is 0 Å². The first-order valence-electron chi connectivity index (χ1n) is 3.82. The Morgan fingerprint density at radius 2 is 2.46 bits per heavy atom. The lowest BCUT2D eigenvalue weighted by Crippen LogP contribution is -1.92. The maximum atomic E-state index is 8.95. The second-order valence-corrected chi connectivity index (χ2v) is 2.59. The summed E-state index contributed by atoms with van der Waals surface area (Å²) in [6, 6.07) is 0. The third-order valence-electron chi connectivity index (χ3n) is 1.65. The van der Waals surface area contributed by atoms with Crippen LogP contribution in [0.1, 0.15) is 12.5 Å². The number of aliphatic imine (C=N–C) groups is 2. The number of hydrogen-bond donors (Lipinski definition) is 1. The van der Waals surface area contributed by atoms with Gasteiger partial charge in [0, 0.05) is 12.6 Å². The van der Waals surface area contributed by atoms with Crippen LogP contribution in [0.5, 0.6) is 0 Å². The van der Waals surface area contributed by atoms with Gasteiger partial charge in [0.15, 0.2) is 5.82 Å². The zero-order chi connectivity index (χ0) is 9.84. The van der Waals surface area contributed by atoms with Gasteiger partial charge in [0.25, 0.3) is 0 Å². The van der Waals surface area contributed by atoms with Crippen molar-refractivity contribution in [2.45, 2.75) is 13.5 Å². The molecule has 0 aliphatic heterocycles. The standard InChI is InChI=1S/C8H12N4O/c1-6(9-2)11-8-7(5-13)4-10-12(8)3/h4,13H,2,5H2,1,3H3/b11-6-. The van der Waals surface area contributed by atoms with E-state index in [2.05, 4.69) is 21.8 Å². The van der Waals surface area contributed by atoms with Crippen LogP contribution >= 0.6 is 0 Å². The lowest BCUT2D eigenvalue weighted by Gasteiger charge is -1.97. The first-order valence-corrected chi connectivity index (χ1v) is 3.82. The summed E-state index contributed by atoms with van der Waals surface area (Å²) in [6.07, 6.45) is 1.58. The van der Waals surface area contributed by atoms with Crippen LogP contribution in [0.3, 0.4) is 0 Å². The molecule has 1 aromatic heterocycles. The van der Waals surface area contributed by atoms with Crippen molar-refractivity contribution in [3.63, 3.8) is 0 Å². The van der Waals surface area contributed by atoms with Crippen LogP contribution in [0, 0.1) is 0 Å². The van der Waals surface area contributed by atoms with Crippen molar-refractivity contribution in [1.29, 1.82) is 0 Å². The van der Waals surface area contributed by atoms with E-state index in [1.165, 1.54) is 0 Å². The molecule has 1 heterocycles. The summed E-state index contributed by atoms with van der Waals surface area (Å²) >= 11 is 0. The van der Waals surface area contributed by atoms with E-state index in [1.54, 1.807) is 24.9 Å². The SMILES string of the molecule is C=N/C(C)=N\c1c(CO)cnn1C. The van der Waals surface area contributed by atoms with Gasteiger partial charge in [-0.25, -0.2) is 9.98 Å². The molecule has 0 saturated heterocycles. The van der Waals surface area contributed by atoms with Crippen LogP contribution in [0.25, 0.3) is 0 Å². The van der Waals surface area contributed by atoms with Crippen LogP contribution in [0.4, 0.5) is 5.82 Å². The first kappa shape index (κ1) is 9.60. The van der Waals surface area contributed by atoms with Gasteiger partial charge < -0.3 is 5.11 Å². The molecule has 0 aliphatic rings. The van der Waals surface area contributed by atoms with Crippen molar-refractivity contribution in [2.24, 2.45) is 17.0 Å². The second kappa shape index (κ2) is 3.95. The van der Waals surface area contributed by atoms with E-state index in [4.69, 9.17) is 5.11 Å². The Bertz CT molecular complexity index is 340. The number of rotatable bonds is 2. The van der Waals surface area contributed by atoms with Gasteiger partial charge in [-0.2, -0.15) is 5.10 Å². The molecule has 5 nitrogen and oxygen atoms in total. The van der Waals surface area contributed by atoms with Crippen LogP contribution in [0.15, 0.2) is 16.2 Å². The molecule has 0 aliphatic carbocycles. The van der Waals surface area contributed by atoms with Crippen molar-refractivity contribution >= 4 is 18.4 Å². The largest absolute Gasteiger partial charge is 0.391 e. The molecule has 0 radical (unpaired) electrons. The van der Waals surface area contributed by atoms with Crippen molar-refractivity contribution in [3.05, 3.63) is 11.8 Å². The molecular formula is C8H12N4O. The normalized spacial score (nSPS) is 11.8. The molecule has 0 atom stereocenters. The smallest absolute Gasteiger partial charge is 0.157 e. The predicted molar refractivity (Wildman–Crippen MR) is 51.4 cm³/mol. The van der Waals surface area contributed by atoms with Crippen molar-refractivity contribution in [2.75, 3.05) is 0 Å². The Morgan fingerprint density at radius 1 is 1.77 bits per heavy atom. The number of aromatic nitrogens is 2. The summed E-state index contributed by atoms with van der Waals surface area (Å²) in [5.74, 6) is 1.17. The maximum absolute atomic E-state index is 8.95. The van der Waals surface area contributed by atoms with E-state index >= 15 is 0 Å². The molecule has 0 bridgehead atoms. The highest BCUT2D eigenvalue weighted by Crippen LogP contribution is 2.17. The number of aliphatic hydroxyl groups is 1. The Balaban J connectivity index is 3.11. The molecular weight excluding hydrogens is 168 g/mol. The molecule has 0 spiro atoms. The van der Waals surface area contributed by atoms with Crippen LogP contribution in [0.2, 0.25) is 0 Å². The Kier molecular flexibility index (Phi) is 2.92. The highest BCUT2D eigenvalue weighted by molar-refractivity contribution is 5.86. The minimum Gasteiger partial charge on any atom is -0.391 e. The third-order valence-corrected chi connectivity index (χ3v) is 1.65. The van der Waals surface area contributed by atoms with E-state index in [9.17, 15) is 0 Å². The summed E-state index contributed by atoms with van der Waals surface area (Å²) in [5, 5.41) is 12.9. The molecule has 0 amide bonds. The number of aliphatic hydroxyl groups excluding tert-OH is 1. The molecule has 5 heteroatoms. The quantitative estimate of drug-likeness (QED) is 0.537. The van der Waals surface area contributed by atoms with E-state index in [0.29, 0.717) is 17.2 Å². The molecule has 0 unspecified atom stereocenters. The highest BCUT2D eigenvalue weighted by Gasteiger charge is 2.05. The molecule has 1 rings (SSSR count). The summed E-state index contributed by atoms with van der Waals surface area (Å²) in [5.41, 5.74) is 0.686. The zero-order valence-corrected chi connectivity index (χ0v) is 7.73. The topological polar surface area (TPSA) is 62.8 Å². The van der Waals surface area contributed by atoms with Gasteiger partial charge >= 0.3 is 0 Å². The summed E-state index contributed by atoms with van der Waals surface area (Å²) in [6.45, 7) is 5.02. The first-order chi connectivity index (χ1) is 6.19. The lowest BCUT2D eigenvalue weighted by atomic mass is 10.3. The van der Waals surface area contributed by atoms with E-state index < -0.39 is 0 Å². The molecule has 1 aromatic rings. The molecule has 1 N–H and O–H groups in total. The summed E-state index contributed by atoms with van der Waals surface area (Å²) in [7, 11) is 1.76. The molecule has 0 aromatic carbocycles. The fraction of sp³-hybridized carbons (Fsp3) is 0.375. The summed E-state index contributed by atoms with van der Waals surface area (Å²) < 4.78 is 1.58. The van der Waals surface area contributed by atoms with Gasteiger partial charge in [0.1, 0.15) is 5.84 Å².